The van der Waals surface area contributed by atoms with Crippen molar-refractivity contribution in [2.24, 2.45) is 4.99 Å². The van der Waals surface area contributed by atoms with Crippen LogP contribution in [0.15, 0.2) is 52.4 Å². The van der Waals surface area contributed by atoms with Crippen LogP contribution in [0.5, 0.6) is 0 Å². The van der Waals surface area contributed by atoms with E-state index in [1.165, 1.54) is 30.6 Å². The first-order valence-corrected chi connectivity index (χ1v) is 11.5. The number of rotatable bonds is 6. The maximum Gasteiger partial charge on any atom is 0.337 e. The van der Waals surface area contributed by atoms with Gasteiger partial charge in [0.15, 0.2) is 14.6 Å². The van der Waals surface area contributed by atoms with Crippen LogP contribution >= 0.6 is 11.3 Å². The number of esters is 1. The van der Waals surface area contributed by atoms with E-state index in [1.54, 1.807) is 18.2 Å². The first kappa shape index (κ1) is 21.8. The topological polar surface area (TPSA) is 94.8 Å². The van der Waals surface area contributed by atoms with Crippen LogP contribution in [0, 0.1) is 5.82 Å². The number of halogens is 1. The number of benzene rings is 2. The zero-order chi connectivity index (χ0) is 21.9. The normalized spacial score (nSPS) is 12.3. The van der Waals surface area contributed by atoms with Crippen molar-refractivity contribution >= 4 is 43.3 Å². The number of nitrogens with zero attached hydrogens (tertiary/aromatic N) is 2. The highest BCUT2D eigenvalue weighted by molar-refractivity contribution is 7.91. The lowest BCUT2D eigenvalue weighted by atomic mass is 10.2. The molecule has 0 saturated heterocycles. The maximum atomic E-state index is 13.0. The zero-order valence-electron chi connectivity index (χ0n) is 16.3. The Labute approximate surface area is 176 Å². The van der Waals surface area contributed by atoms with Gasteiger partial charge in [-0.25, -0.2) is 17.6 Å². The number of methoxy groups -OCH3 is 1. The van der Waals surface area contributed by atoms with Crippen molar-refractivity contribution in [3.63, 3.8) is 0 Å². The minimum absolute atomic E-state index is 0.0440. The largest absolute Gasteiger partial charge is 0.465 e. The molecule has 0 radical (unpaired) electrons. The van der Waals surface area contributed by atoms with Crippen LogP contribution in [-0.2, 0) is 25.9 Å². The summed E-state index contributed by atoms with van der Waals surface area (Å²) in [5.74, 6) is -2.01. The van der Waals surface area contributed by atoms with Gasteiger partial charge < -0.3 is 9.30 Å². The Morgan fingerprint density at radius 3 is 2.50 bits per heavy atom. The van der Waals surface area contributed by atoms with Gasteiger partial charge in [0.05, 0.1) is 33.5 Å². The molecule has 7 nitrogen and oxygen atoms in total. The monoisotopic (exact) mass is 450 g/mol. The number of amides is 1. The molecular weight excluding hydrogens is 431 g/mol. The van der Waals surface area contributed by atoms with E-state index in [-0.39, 0.29) is 11.3 Å². The molecule has 0 bridgehead atoms. The average Bonchev–Trinajstić information content (AvgIpc) is 3.08. The van der Waals surface area contributed by atoms with Crippen molar-refractivity contribution in [2.75, 3.05) is 12.9 Å². The van der Waals surface area contributed by atoms with Crippen molar-refractivity contribution in [1.29, 1.82) is 0 Å². The highest BCUT2D eigenvalue weighted by Crippen LogP contribution is 2.20. The molecule has 0 N–H and O–H groups in total. The van der Waals surface area contributed by atoms with Crippen LogP contribution in [-0.4, -0.2) is 37.7 Å². The molecule has 1 aromatic heterocycles. The van der Waals surface area contributed by atoms with E-state index in [2.05, 4.69) is 4.99 Å². The molecule has 30 heavy (non-hydrogen) atoms. The summed E-state index contributed by atoms with van der Waals surface area (Å²) in [4.78, 5) is 28.5. The van der Waals surface area contributed by atoms with Crippen LogP contribution in [0.25, 0.3) is 10.2 Å². The highest BCUT2D eigenvalue weighted by atomic mass is 32.2. The van der Waals surface area contributed by atoms with Crippen LogP contribution in [0.1, 0.15) is 23.7 Å². The quantitative estimate of drug-likeness (QED) is 0.425. The number of carbonyl (C=O) groups is 2. The predicted molar refractivity (Wildman–Crippen MR) is 110 cm³/mol. The van der Waals surface area contributed by atoms with Gasteiger partial charge in [-0.1, -0.05) is 11.3 Å². The van der Waals surface area contributed by atoms with Gasteiger partial charge in [-0.05, 0) is 49.4 Å². The predicted octanol–water partition coefficient (Wildman–Crippen LogP) is 2.94. The molecule has 1 amide bonds. The first-order valence-electron chi connectivity index (χ1n) is 9.02. The van der Waals surface area contributed by atoms with E-state index >= 15 is 0 Å². The maximum absolute atomic E-state index is 13.0. The van der Waals surface area contributed by atoms with E-state index in [0.717, 1.165) is 22.3 Å². The molecule has 0 aliphatic rings. The van der Waals surface area contributed by atoms with Gasteiger partial charge in [0.2, 0.25) is 5.91 Å². The van der Waals surface area contributed by atoms with Gasteiger partial charge in [0.25, 0.3) is 0 Å². The van der Waals surface area contributed by atoms with E-state index < -0.39 is 33.3 Å². The molecule has 0 saturated carbocycles. The van der Waals surface area contributed by atoms with Crippen molar-refractivity contribution in [2.45, 2.75) is 24.8 Å². The Hall–Kier alpha value is -2.85. The Kier molecular flexibility index (Phi) is 6.47. The van der Waals surface area contributed by atoms with Crippen LogP contribution in [0.4, 0.5) is 4.39 Å². The molecule has 10 heteroatoms. The first-order chi connectivity index (χ1) is 14.2. The van der Waals surface area contributed by atoms with Gasteiger partial charge in [-0.15, -0.1) is 0 Å². The summed E-state index contributed by atoms with van der Waals surface area (Å²) < 4.78 is 44.9. The number of sulfone groups is 1. The Morgan fingerprint density at radius 1 is 1.17 bits per heavy atom. The molecule has 0 aliphatic carbocycles. The Morgan fingerprint density at radius 2 is 1.87 bits per heavy atom. The fourth-order valence-electron chi connectivity index (χ4n) is 2.85. The summed E-state index contributed by atoms with van der Waals surface area (Å²) >= 11 is 1.23. The minimum atomic E-state index is -3.73. The van der Waals surface area contributed by atoms with E-state index in [4.69, 9.17) is 4.74 Å². The lowest BCUT2D eigenvalue weighted by molar-refractivity contribution is -0.117. The van der Waals surface area contributed by atoms with Gasteiger partial charge in [0, 0.05) is 13.0 Å². The third-order valence-corrected chi connectivity index (χ3v) is 7.17. The summed E-state index contributed by atoms with van der Waals surface area (Å²) in [6, 6.07) is 9.51. The van der Waals surface area contributed by atoms with E-state index in [9.17, 15) is 22.4 Å². The molecule has 0 aliphatic heterocycles. The summed E-state index contributed by atoms with van der Waals surface area (Å²) in [6.45, 7) is 2.43. The number of fused-ring (bicyclic) bond motifs is 1. The van der Waals surface area contributed by atoms with Crippen molar-refractivity contribution in [3.8, 4) is 0 Å². The molecule has 3 aromatic rings. The fourth-order valence-corrected chi connectivity index (χ4v) is 5.23. The molecular formula is C20H19FN2O5S2. The fraction of sp³-hybridized carbons (Fsp3) is 0.250. The summed E-state index contributed by atoms with van der Waals surface area (Å²) in [5.41, 5.74) is 1.19. The molecule has 0 atom stereocenters. The summed E-state index contributed by atoms with van der Waals surface area (Å²) in [7, 11) is -2.43. The zero-order valence-corrected chi connectivity index (χ0v) is 17.9. The minimum Gasteiger partial charge on any atom is -0.465 e. The Balaban J connectivity index is 1.85. The lowest BCUT2D eigenvalue weighted by Gasteiger charge is -2.03. The van der Waals surface area contributed by atoms with Gasteiger partial charge in [0.1, 0.15) is 5.82 Å². The second kappa shape index (κ2) is 8.88. The number of aromatic nitrogens is 1. The number of hydrogen-bond acceptors (Lipinski definition) is 6. The smallest absolute Gasteiger partial charge is 0.337 e. The number of aryl methyl sites for hydroxylation is 1. The van der Waals surface area contributed by atoms with E-state index in [1.807, 2.05) is 11.5 Å². The van der Waals surface area contributed by atoms with Gasteiger partial charge >= 0.3 is 5.97 Å². The number of carbonyl (C=O) groups excluding carboxylic acids is 2. The van der Waals surface area contributed by atoms with Crippen LogP contribution in [0.2, 0.25) is 0 Å². The van der Waals surface area contributed by atoms with Crippen molar-refractivity contribution < 1.29 is 27.1 Å². The highest BCUT2D eigenvalue weighted by Gasteiger charge is 2.17. The molecule has 158 valence electrons. The summed E-state index contributed by atoms with van der Waals surface area (Å²) in [5, 5.41) is 0. The van der Waals surface area contributed by atoms with Crippen LogP contribution in [0.3, 0.4) is 0 Å². The standard InChI is InChI=1S/C20H19FN2O5S2/c1-3-23-16-9-4-13(19(25)28-2)12-17(16)29-20(23)22-18(24)10-11-30(26,27)15-7-5-14(21)6-8-15/h4-9,12H,3,10-11H2,1-2H3. The van der Waals surface area contributed by atoms with Crippen molar-refractivity contribution in [3.05, 3.63) is 58.6 Å². The second-order valence-corrected chi connectivity index (χ2v) is 9.45. The number of thiazole rings is 1. The van der Waals surface area contributed by atoms with Crippen molar-refractivity contribution in [1.82, 2.24) is 4.57 Å². The van der Waals surface area contributed by atoms with Gasteiger partial charge in [-0.3, -0.25) is 4.79 Å². The van der Waals surface area contributed by atoms with E-state index in [0.29, 0.717) is 16.9 Å². The summed E-state index contributed by atoms with van der Waals surface area (Å²) in [6.07, 6.45) is -0.301. The molecule has 0 fully saturated rings. The molecule has 3 rings (SSSR count). The molecule has 0 spiro atoms. The third-order valence-electron chi connectivity index (χ3n) is 4.40. The third kappa shape index (κ3) is 4.65. The number of hydrogen-bond donors (Lipinski definition) is 0. The average molecular weight is 451 g/mol. The molecule has 1 heterocycles. The van der Waals surface area contributed by atoms with Gasteiger partial charge in [-0.2, -0.15) is 4.99 Å². The lowest BCUT2D eigenvalue weighted by Crippen LogP contribution is -2.17. The van der Waals surface area contributed by atoms with Crippen LogP contribution < -0.4 is 4.80 Å². The molecule has 2 aromatic carbocycles. The SMILES string of the molecule is CCn1c(=NC(=O)CCS(=O)(=O)c2ccc(F)cc2)sc2cc(C(=O)OC)ccc21. The second-order valence-electron chi connectivity index (χ2n) is 6.33. The molecule has 0 unspecified atom stereocenters. The number of ether oxygens (including phenoxy) is 1. The Bertz CT molecular complexity index is 1270.